The van der Waals surface area contributed by atoms with Crippen molar-refractivity contribution in [1.82, 2.24) is 4.90 Å². The number of hydrogen-bond donors (Lipinski definition) is 1. The van der Waals surface area contributed by atoms with Gasteiger partial charge in [0.1, 0.15) is 0 Å². The maximum atomic E-state index is 11.2. The van der Waals surface area contributed by atoms with Crippen molar-refractivity contribution in [2.24, 2.45) is 0 Å². The molecule has 0 radical (unpaired) electrons. The number of carboxylic acids is 1. The number of carbonyl (C=O) groups is 1. The lowest BCUT2D eigenvalue weighted by Gasteiger charge is -2.44. The molecule has 2 rings (SSSR count). The van der Waals surface area contributed by atoms with E-state index in [1.165, 1.54) is 6.42 Å². The summed E-state index contributed by atoms with van der Waals surface area (Å²) in [7, 11) is 2.03. The van der Waals surface area contributed by atoms with Crippen molar-refractivity contribution in [3.05, 3.63) is 21.3 Å². The zero-order chi connectivity index (χ0) is 13.9. The quantitative estimate of drug-likeness (QED) is 0.893. The predicted molar refractivity (Wildman–Crippen MR) is 78.9 cm³/mol. The van der Waals surface area contributed by atoms with E-state index in [1.807, 2.05) is 18.5 Å². The number of rotatable bonds is 5. The Hall–Kier alpha value is -0.580. The summed E-state index contributed by atoms with van der Waals surface area (Å²) in [6.45, 7) is 0.740. The molecule has 0 aliphatic heterocycles. The first-order chi connectivity index (χ1) is 9.03. The second-order valence-electron chi connectivity index (χ2n) is 5.40. The Labute approximate surface area is 123 Å². The molecule has 3 nitrogen and oxygen atoms in total. The molecule has 106 valence electrons. The van der Waals surface area contributed by atoms with Crippen LogP contribution in [0.25, 0.3) is 0 Å². The van der Waals surface area contributed by atoms with Crippen molar-refractivity contribution < 1.29 is 9.90 Å². The highest BCUT2D eigenvalue weighted by atomic mass is 35.5. The highest BCUT2D eigenvalue weighted by molar-refractivity contribution is 7.10. The standard InChI is InChI=1S/C14H20ClNO2S/c1-16(10-12-11(15)5-8-19-12)14(9-13(17)18)6-3-2-4-7-14/h5,8H,2-4,6-7,9-10H2,1H3,(H,17,18). The van der Waals surface area contributed by atoms with Gasteiger partial charge in [0.25, 0.3) is 0 Å². The largest absolute Gasteiger partial charge is 0.481 e. The molecular weight excluding hydrogens is 282 g/mol. The first kappa shape index (κ1) is 14.8. The van der Waals surface area contributed by atoms with E-state index in [-0.39, 0.29) is 12.0 Å². The van der Waals surface area contributed by atoms with Crippen molar-refractivity contribution in [2.75, 3.05) is 7.05 Å². The van der Waals surface area contributed by atoms with Crippen molar-refractivity contribution in [1.29, 1.82) is 0 Å². The minimum Gasteiger partial charge on any atom is -0.481 e. The van der Waals surface area contributed by atoms with Gasteiger partial charge in [-0.25, -0.2) is 0 Å². The van der Waals surface area contributed by atoms with Gasteiger partial charge in [0.15, 0.2) is 0 Å². The van der Waals surface area contributed by atoms with Gasteiger partial charge in [-0.05, 0) is 31.3 Å². The SMILES string of the molecule is CN(Cc1sccc1Cl)C1(CC(=O)O)CCCCC1. The number of carboxylic acid groups (broad SMARTS) is 1. The van der Waals surface area contributed by atoms with Crippen molar-refractivity contribution in [3.63, 3.8) is 0 Å². The average Bonchev–Trinajstić information content (AvgIpc) is 2.75. The van der Waals surface area contributed by atoms with Crippen LogP contribution in [0.1, 0.15) is 43.4 Å². The average molecular weight is 302 g/mol. The van der Waals surface area contributed by atoms with E-state index in [9.17, 15) is 9.90 Å². The smallest absolute Gasteiger partial charge is 0.305 e. The molecule has 1 aromatic heterocycles. The van der Waals surface area contributed by atoms with Crippen LogP contribution in [0.2, 0.25) is 5.02 Å². The molecule has 1 aliphatic rings. The van der Waals surface area contributed by atoms with Gasteiger partial charge in [-0.3, -0.25) is 9.69 Å². The zero-order valence-electron chi connectivity index (χ0n) is 11.2. The number of hydrogen-bond acceptors (Lipinski definition) is 3. The molecule has 19 heavy (non-hydrogen) atoms. The number of aliphatic carboxylic acids is 1. The van der Waals surface area contributed by atoms with E-state index in [1.54, 1.807) is 11.3 Å². The maximum Gasteiger partial charge on any atom is 0.305 e. The fraction of sp³-hybridized carbons (Fsp3) is 0.643. The van der Waals surface area contributed by atoms with Crippen LogP contribution in [-0.2, 0) is 11.3 Å². The van der Waals surface area contributed by atoms with Gasteiger partial charge in [-0.1, -0.05) is 30.9 Å². The van der Waals surface area contributed by atoms with Crippen molar-refractivity contribution >= 4 is 28.9 Å². The topological polar surface area (TPSA) is 40.5 Å². The highest BCUT2D eigenvalue weighted by Gasteiger charge is 2.38. The van der Waals surface area contributed by atoms with Gasteiger partial charge in [-0.15, -0.1) is 11.3 Å². The first-order valence-electron chi connectivity index (χ1n) is 6.68. The number of thiophene rings is 1. The molecule has 1 saturated carbocycles. The van der Waals surface area contributed by atoms with E-state index >= 15 is 0 Å². The molecule has 1 fully saturated rings. The van der Waals surface area contributed by atoms with Gasteiger partial charge in [0.05, 0.1) is 11.4 Å². The lowest BCUT2D eigenvalue weighted by molar-refractivity contribution is -0.141. The van der Waals surface area contributed by atoms with Crippen LogP contribution in [0.15, 0.2) is 11.4 Å². The Kier molecular flexibility index (Phi) is 4.87. The van der Waals surface area contributed by atoms with Gasteiger partial charge >= 0.3 is 5.97 Å². The molecule has 5 heteroatoms. The Morgan fingerprint density at radius 2 is 2.16 bits per heavy atom. The monoisotopic (exact) mass is 301 g/mol. The molecule has 0 bridgehead atoms. The summed E-state index contributed by atoms with van der Waals surface area (Å²) in [5.74, 6) is -0.703. The number of halogens is 1. The molecular formula is C14H20ClNO2S. The molecule has 1 heterocycles. The third-order valence-corrected chi connectivity index (χ3v) is 5.52. The molecule has 1 N–H and O–H groups in total. The molecule has 0 amide bonds. The van der Waals surface area contributed by atoms with Crippen LogP contribution in [0.3, 0.4) is 0 Å². The second-order valence-corrected chi connectivity index (χ2v) is 6.81. The van der Waals surface area contributed by atoms with E-state index in [0.717, 1.165) is 42.1 Å². The molecule has 0 spiro atoms. The molecule has 1 aliphatic carbocycles. The Morgan fingerprint density at radius 1 is 1.47 bits per heavy atom. The van der Waals surface area contributed by atoms with Crippen LogP contribution in [0, 0.1) is 0 Å². The second kappa shape index (κ2) is 6.25. The highest BCUT2D eigenvalue weighted by Crippen LogP contribution is 2.37. The summed E-state index contributed by atoms with van der Waals surface area (Å²) in [6, 6.07) is 1.90. The summed E-state index contributed by atoms with van der Waals surface area (Å²) >= 11 is 7.78. The van der Waals surface area contributed by atoms with Crippen molar-refractivity contribution in [3.8, 4) is 0 Å². The van der Waals surface area contributed by atoms with E-state index in [0.29, 0.717) is 0 Å². The Morgan fingerprint density at radius 3 is 2.68 bits per heavy atom. The van der Waals surface area contributed by atoms with Gasteiger partial charge in [0, 0.05) is 17.0 Å². The lowest BCUT2D eigenvalue weighted by Crippen LogP contribution is -2.48. The molecule has 0 aromatic carbocycles. The van der Waals surface area contributed by atoms with Crippen molar-refractivity contribution in [2.45, 2.75) is 50.6 Å². The van der Waals surface area contributed by atoms with Crippen LogP contribution in [0.4, 0.5) is 0 Å². The van der Waals surface area contributed by atoms with Gasteiger partial charge < -0.3 is 5.11 Å². The van der Waals surface area contributed by atoms with E-state index < -0.39 is 5.97 Å². The summed E-state index contributed by atoms with van der Waals surface area (Å²) in [4.78, 5) is 14.5. The summed E-state index contributed by atoms with van der Waals surface area (Å²) in [5, 5.41) is 12.0. The summed E-state index contributed by atoms with van der Waals surface area (Å²) in [5.41, 5.74) is -0.197. The maximum absolute atomic E-state index is 11.2. The van der Waals surface area contributed by atoms with Gasteiger partial charge in [0.2, 0.25) is 0 Å². The fourth-order valence-electron chi connectivity index (χ4n) is 3.01. The third-order valence-electron chi connectivity index (χ3n) is 4.15. The normalized spacial score (nSPS) is 18.7. The third kappa shape index (κ3) is 3.50. The van der Waals surface area contributed by atoms with Crippen LogP contribution >= 0.6 is 22.9 Å². The summed E-state index contributed by atoms with van der Waals surface area (Å²) in [6.07, 6.45) is 5.63. The minimum absolute atomic E-state index is 0.197. The Balaban J connectivity index is 2.13. The van der Waals surface area contributed by atoms with Gasteiger partial charge in [-0.2, -0.15) is 0 Å². The van der Waals surface area contributed by atoms with E-state index in [2.05, 4.69) is 4.90 Å². The predicted octanol–water partition coefficient (Wildman–Crippen LogP) is 4.01. The van der Waals surface area contributed by atoms with Crippen LogP contribution in [-0.4, -0.2) is 28.6 Å². The zero-order valence-corrected chi connectivity index (χ0v) is 12.8. The molecule has 0 saturated heterocycles. The van der Waals surface area contributed by atoms with E-state index in [4.69, 9.17) is 11.6 Å². The first-order valence-corrected chi connectivity index (χ1v) is 7.94. The molecule has 0 unspecified atom stereocenters. The van der Waals surface area contributed by atoms with Crippen LogP contribution in [0.5, 0.6) is 0 Å². The van der Waals surface area contributed by atoms with Crippen LogP contribution < -0.4 is 0 Å². The lowest BCUT2D eigenvalue weighted by atomic mass is 9.78. The Bertz CT molecular complexity index is 440. The summed E-state index contributed by atoms with van der Waals surface area (Å²) < 4.78 is 0. The molecule has 1 aromatic rings. The fourth-order valence-corrected chi connectivity index (χ4v) is 4.15. The minimum atomic E-state index is -0.703. The number of nitrogens with zero attached hydrogens (tertiary/aromatic N) is 1. The molecule has 0 atom stereocenters.